The van der Waals surface area contributed by atoms with Crippen LogP contribution in [0.5, 0.6) is 0 Å². The van der Waals surface area contributed by atoms with Gasteiger partial charge in [-0.15, -0.1) is 0 Å². The number of aryl methyl sites for hydroxylation is 1. The van der Waals surface area contributed by atoms with Crippen LogP contribution in [-0.4, -0.2) is 39.9 Å². The number of pyridine rings is 3. The molecule has 3 aromatic heterocycles. The van der Waals surface area contributed by atoms with Crippen LogP contribution in [-0.2, 0) is 11.9 Å². The summed E-state index contributed by atoms with van der Waals surface area (Å²) in [4.78, 5) is 29.7. The zero-order valence-corrected chi connectivity index (χ0v) is 19.5. The Hall–Kier alpha value is -4.24. The van der Waals surface area contributed by atoms with Crippen LogP contribution >= 0.6 is 0 Å². The molecule has 1 aliphatic heterocycles. The monoisotopic (exact) mass is 467 g/mol. The number of hydrogen-bond donors (Lipinski definition) is 0. The minimum absolute atomic E-state index is 0.0485. The van der Waals surface area contributed by atoms with Gasteiger partial charge in [0.25, 0.3) is 5.56 Å². The van der Waals surface area contributed by atoms with Crippen LogP contribution in [0.25, 0.3) is 11.0 Å². The number of hydrogen-bond acceptors (Lipinski definition) is 8. The van der Waals surface area contributed by atoms with Crippen molar-refractivity contribution in [3.63, 3.8) is 0 Å². The highest BCUT2D eigenvalue weighted by Crippen LogP contribution is 2.32. The van der Waals surface area contributed by atoms with Crippen molar-refractivity contribution in [2.75, 3.05) is 24.6 Å². The van der Waals surface area contributed by atoms with Crippen LogP contribution < -0.4 is 10.5 Å². The fourth-order valence-corrected chi connectivity index (χ4v) is 4.58. The highest BCUT2D eigenvalue weighted by Gasteiger charge is 2.30. The van der Waals surface area contributed by atoms with E-state index < -0.39 is 0 Å². The van der Waals surface area contributed by atoms with E-state index in [0.717, 1.165) is 24.2 Å². The number of piperidine rings is 1. The molecule has 1 saturated heterocycles. The molecule has 176 valence electrons. The van der Waals surface area contributed by atoms with Gasteiger partial charge in [-0.3, -0.25) is 9.78 Å². The maximum atomic E-state index is 12.9. The molecule has 9 heteroatoms. The molecule has 3 aromatic rings. The normalized spacial score (nSPS) is 16.7. The van der Waals surface area contributed by atoms with Gasteiger partial charge in [0.1, 0.15) is 41.2 Å². The van der Waals surface area contributed by atoms with E-state index in [9.17, 15) is 15.3 Å². The smallest absolute Gasteiger partial charge is 0.270 e. The summed E-state index contributed by atoms with van der Waals surface area (Å²) in [5.74, 6) is 0.737. The van der Waals surface area contributed by atoms with Gasteiger partial charge < -0.3 is 14.3 Å². The Bertz CT molecular complexity index is 1420. The molecule has 0 aromatic carbocycles. The summed E-state index contributed by atoms with van der Waals surface area (Å²) in [5, 5.41) is 23.7. The van der Waals surface area contributed by atoms with Crippen molar-refractivity contribution in [3.8, 4) is 12.1 Å². The SMILES string of the molecule is Cn1c(=O)c(C#N)c(N2CCC(/C(=N/OCC3CC3)c3ccccn3)CC2)c2nc(C#N)ccc21. The second-order valence-electron chi connectivity index (χ2n) is 9.07. The lowest BCUT2D eigenvalue weighted by Crippen LogP contribution is -2.39. The topological polar surface area (TPSA) is 120 Å². The summed E-state index contributed by atoms with van der Waals surface area (Å²) in [5.41, 5.74) is 3.15. The predicted octanol–water partition coefficient (Wildman–Crippen LogP) is 3.12. The van der Waals surface area contributed by atoms with Gasteiger partial charge in [-0.2, -0.15) is 10.5 Å². The van der Waals surface area contributed by atoms with Crippen molar-refractivity contribution in [1.29, 1.82) is 10.5 Å². The number of nitriles is 2. The fourth-order valence-electron chi connectivity index (χ4n) is 4.58. The number of nitrogens with zero attached hydrogens (tertiary/aromatic N) is 7. The number of oxime groups is 1. The largest absolute Gasteiger partial charge is 0.395 e. The van der Waals surface area contributed by atoms with Crippen molar-refractivity contribution in [1.82, 2.24) is 14.5 Å². The summed E-state index contributed by atoms with van der Waals surface area (Å²) < 4.78 is 1.42. The Balaban J connectivity index is 1.46. The molecule has 2 aliphatic rings. The number of anilines is 1. The molecule has 0 atom stereocenters. The van der Waals surface area contributed by atoms with Gasteiger partial charge in [0, 0.05) is 32.3 Å². The van der Waals surface area contributed by atoms with E-state index >= 15 is 0 Å². The molecule has 9 nitrogen and oxygen atoms in total. The summed E-state index contributed by atoms with van der Waals surface area (Å²) in [6, 6.07) is 13.2. The Morgan fingerprint density at radius 1 is 1.14 bits per heavy atom. The Morgan fingerprint density at radius 3 is 2.60 bits per heavy atom. The summed E-state index contributed by atoms with van der Waals surface area (Å²) >= 11 is 0. The molecule has 2 fully saturated rings. The molecule has 0 radical (unpaired) electrons. The average molecular weight is 468 g/mol. The molecule has 0 N–H and O–H groups in total. The second-order valence-corrected chi connectivity index (χ2v) is 9.07. The molecule has 0 bridgehead atoms. The first-order valence-corrected chi connectivity index (χ1v) is 11.8. The fraction of sp³-hybridized carbons (Fsp3) is 0.385. The van der Waals surface area contributed by atoms with Crippen LogP contribution in [0.2, 0.25) is 0 Å². The van der Waals surface area contributed by atoms with Crippen LogP contribution in [0, 0.1) is 34.5 Å². The third-order valence-corrected chi connectivity index (χ3v) is 6.74. The molecular formula is C26H25N7O2. The van der Waals surface area contributed by atoms with Crippen LogP contribution in [0.4, 0.5) is 5.69 Å². The summed E-state index contributed by atoms with van der Waals surface area (Å²) in [6.45, 7) is 1.84. The van der Waals surface area contributed by atoms with Crippen molar-refractivity contribution >= 4 is 22.4 Å². The lowest BCUT2D eigenvalue weighted by Gasteiger charge is -2.34. The van der Waals surface area contributed by atoms with E-state index in [1.54, 1.807) is 25.4 Å². The minimum Gasteiger partial charge on any atom is -0.395 e. The van der Waals surface area contributed by atoms with Crippen LogP contribution in [0.3, 0.4) is 0 Å². The Kier molecular flexibility index (Phi) is 6.15. The second kappa shape index (κ2) is 9.55. The number of rotatable bonds is 6. The van der Waals surface area contributed by atoms with Crippen molar-refractivity contribution in [2.24, 2.45) is 24.0 Å². The maximum Gasteiger partial charge on any atom is 0.270 e. The highest BCUT2D eigenvalue weighted by atomic mass is 16.6. The first-order chi connectivity index (χ1) is 17.1. The third kappa shape index (κ3) is 4.45. The predicted molar refractivity (Wildman–Crippen MR) is 131 cm³/mol. The lowest BCUT2D eigenvalue weighted by atomic mass is 9.89. The van der Waals surface area contributed by atoms with E-state index in [-0.39, 0.29) is 22.7 Å². The minimum atomic E-state index is -0.368. The van der Waals surface area contributed by atoms with Gasteiger partial charge in [-0.05, 0) is 55.9 Å². The van der Waals surface area contributed by atoms with E-state index in [2.05, 4.69) is 27.3 Å². The van der Waals surface area contributed by atoms with Crippen molar-refractivity contribution in [3.05, 3.63) is 63.8 Å². The zero-order valence-electron chi connectivity index (χ0n) is 19.5. The molecule has 0 unspecified atom stereocenters. The average Bonchev–Trinajstić information content (AvgIpc) is 3.73. The first kappa shape index (κ1) is 22.5. The zero-order chi connectivity index (χ0) is 24.4. The maximum absolute atomic E-state index is 12.9. The lowest BCUT2D eigenvalue weighted by molar-refractivity contribution is 0.132. The summed E-state index contributed by atoms with van der Waals surface area (Å²) in [7, 11) is 1.62. The van der Waals surface area contributed by atoms with Crippen LogP contribution in [0.15, 0.2) is 46.5 Å². The molecular weight excluding hydrogens is 442 g/mol. The molecule has 1 aliphatic carbocycles. The molecule has 35 heavy (non-hydrogen) atoms. The Morgan fingerprint density at radius 2 is 1.94 bits per heavy atom. The molecule has 4 heterocycles. The molecule has 0 amide bonds. The van der Waals surface area contributed by atoms with Crippen LogP contribution in [0.1, 0.15) is 42.6 Å². The summed E-state index contributed by atoms with van der Waals surface area (Å²) in [6.07, 6.45) is 5.65. The van der Waals surface area contributed by atoms with E-state index in [1.807, 2.05) is 23.1 Å². The van der Waals surface area contributed by atoms with Gasteiger partial charge in [0.15, 0.2) is 0 Å². The molecule has 0 spiro atoms. The number of fused-ring (bicyclic) bond motifs is 1. The standard InChI is InChI=1S/C26H25N7O2/c1-32-22-8-7-19(14-27)30-24(22)25(20(15-28)26(32)34)33-12-9-18(10-13-33)23(21-4-2-3-11-29-21)31-35-16-17-5-6-17/h2-4,7-8,11,17-18H,5-6,9-10,12-13,16H2,1H3/b31-23-. The molecule has 1 saturated carbocycles. The first-order valence-electron chi connectivity index (χ1n) is 11.8. The van der Waals surface area contributed by atoms with Crippen molar-refractivity contribution in [2.45, 2.75) is 25.7 Å². The van der Waals surface area contributed by atoms with Gasteiger partial charge >= 0.3 is 0 Å². The Labute approximate surface area is 202 Å². The van der Waals surface area contributed by atoms with Gasteiger partial charge in [0.05, 0.1) is 16.9 Å². The van der Waals surface area contributed by atoms with Gasteiger partial charge in [0.2, 0.25) is 0 Å². The van der Waals surface area contributed by atoms with Gasteiger partial charge in [-0.25, -0.2) is 4.98 Å². The van der Waals surface area contributed by atoms with E-state index in [1.165, 1.54) is 17.4 Å². The van der Waals surface area contributed by atoms with Crippen molar-refractivity contribution < 1.29 is 4.84 Å². The van der Waals surface area contributed by atoms with Gasteiger partial charge in [-0.1, -0.05) is 11.2 Å². The molecule has 5 rings (SSSR count). The highest BCUT2D eigenvalue weighted by molar-refractivity contribution is 6.00. The quantitative estimate of drug-likeness (QED) is 0.403. The van der Waals surface area contributed by atoms with E-state index in [0.29, 0.717) is 42.3 Å². The third-order valence-electron chi connectivity index (χ3n) is 6.74. The number of aromatic nitrogens is 3. The van der Waals surface area contributed by atoms with E-state index in [4.69, 9.17) is 4.84 Å².